The molecule has 2 N–H and O–H groups in total. The normalized spacial score (nSPS) is 21.6. The zero-order valence-electron chi connectivity index (χ0n) is 13.0. The van der Waals surface area contributed by atoms with Crippen LogP contribution in [0.4, 0.5) is 0 Å². The van der Waals surface area contributed by atoms with Crippen LogP contribution in [0.15, 0.2) is 30.3 Å². The summed E-state index contributed by atoms with van der Waals surface area (Å²) in [7, 11) is 0. The van der Waals surface area contributed by atoms with E-state index in [0.717, 1.165) is 25.9 Å². The Hall–Kier alpha value is -1.49. The van der Waals surface area contributed by atoms with Crippen molar-refractivity contribution in [2.45, 2.75) is 25.7 Å². The number of thioether (sulfide) groups is 1. The molecule has 1 fully saturated rings. The quantitative estimate of drug-likeness (QED) is 0.874. The molecule has 5 heteroatoms. The van der Waals surface area contributed by atoms with E-state index >= 15 is 0 Å². The molecule has 1 aromatic rings. The van der Waals surface area contributed by atoms with Crippen molar-refractivity contribution in [3.05, 3.63) is 35.9 Å². The number of rotatable bonds is 6. The fourth-order valence-corrected chi connectivity index (χ4v) is 3.80. The number of nitrogens with zero attached hydrogens (tertiary/aromatic N) is 1. The molecule has 1 saturated heterocycles. The minimum Gasteiger partial charge on any atom is -0.369 e. The molecule has 0 saturated carbocycles. The Morgan fingerprint density at radius 1 is 1.27 bits per heavy atom. The molecule has 0 spiro atoms. The predicted molar refractivity (Wildman–Crippen MR) is 90.7 cm³/mol. The summed E-state index contributed by atoms with van der Waals surface area (Å²) in [6.45, 7) is 3.80. The number of amides is 2. The minimum atomic E-state index is -0.368. The maximum atomic E-state index is 12.2. The molecule has 0 aliphatic carbocycles. The molecular weight excluding hydrogens is 296 g/mol. The molecule has 1 aromatic carbocycles. The first-order valence-electron chi connectivity index (χ1n) is 7.80. The monoisotopic (exact) mass is 320 g/mol. The molecule has 1 aliphatic heterocycles. The number of benzene rings is 1. The van der Waals surface area contributed by atoms with E-state index in [1.54, 1.807) is 0 Å². The average molecular weight is 320 g/mol. The van der Waals surface area contributed by atoms with Gasteiger partial charge in [0.2, 0.25) is 11.8 Å². The van der Waals surface area contributed by atoms with E-state index in [9.17, 15) is 9.59 Å². The third-order valence-electron chi connectivity index (χ3n) is 4.31. The second-order valence-electron chi connectivity index (χ2n) is 5.77. The Balaban J connectivity index is 1.92. The third kappa shape index (κ3) is 4.50. The predicted octanol–water partition coefficient (Wildman–Crippen LogP) is 2.25. The highest BCUT2D eigenvalue weighted by atomic mass is 32.2. The van der Waals surface area contributed by atoms with Crippen molar-refractivity contribution in [3.63, 3.8) is 0 Å². The maximum Gasteiger partial charge on any atom is 0.232 e. The molecule has 2 atom stereocenters. The van der Waals surface area contributed by atoms with Crippen LogP contribution in [0.1, 0.15) is 31.2 Å². The number of primary amides is 1. The Bertz CT molecular complexity index is 507. The Kier molecular flexibility index (Phi) is 6.31. The van der Waals surface area contributed by atoms with Gasteiger partial charge in [-0.1, -0.05) is 43.7 Å². The molecule has 0 unspecified atom stereocenters. The van der Waals surface area contributed by atoms with E-state index in [-0.39, 0.29) is 17.6 Å². The summed E-state index contributed by atoms with van der Waals surface area (Å²) in [6.07, 6.45) is 2.08. The van der Waals surface area contributed by atoms with E-state index in [2.05, 4.69) is 31.2 Å². The van der Waals surface area contributed by atoms with E-state index < -0.39 is 0 Å². The zero-order chi connectivity index (χ0) is 15.9. The van der Waals surface area contributed by atoms with Gasteiger partial charge in [0.15, 0.2) is 0 Å². The maximum absolute atomic E-state index is 12.2. The number of nitrogens with two attached hydrogens (primary N) is 1. The van der Waals surface area contributed by atoms with Gasteiger partial charge in [-0.3, -0.25) is 9.59 Å². The second-order valence-corrected chi connectivity index (χ2v) is 6.76. The molecule has 1 heterocycles. The molecule has 4 nitrogen and oxygen atoms in total. The van der Waals surface area contributed by atoms with Crippen molar-refractivity contribution in [1.82, 2.24) is 4.90 Å². The highest BCUT2D eigenvalue weighted by molar-refractivity contribution is 8.00. The number of hydrogen-bond donors (Lipinski definition) is 1. The van der Waals surface area contributed by atoms with Crippen LogP contribution >= 0.6 is 11.8 Å². The summed E-state index contributed by atoms with van der Waals surface area (Å²) in [5.41, 5.74) is 6.48. The van der Waals surface area contributed by atoms with E-state index in [1.165, 1.54) is 17.3 Å². The van der Waals surface area contributed by atoms with Crippen LogP contribution in [-0.2, 0) is 9.59 Å². The lowest BCUT2D eigenvalue weighted by Crippen LogP contribution is -2.43. The Morgan fingerprint density at radius 2 is 2.00 bits per heavy atom. The highest BCUT2D eigenvalue weighted by Gasteiger charge is 2.31. The van der Waals surface area contributed by atoms with Gasteiger partial charge in [0.1, 0.15) is 0 Å². The fourth-order valence-electron chi connectivity index (χ4n) is 3.14. The summed E-state index contributed by atoms with van der Waals surface area (Å²) in [6, 6.07) is 10.6. The van der Waals surface area contributed by atoms with Crippen LogP contribution in [0.3, 0.4) is 0 Å². The molecule has 0 radical (unpaired) electrons. The van der Waals surface area contributed by atoms with Crippen molar-refractivity contribution in [1.29, 1.82) is 0 Å². The van der Waals surface area contributed by atoms with Gasteiger partial charge in [0.05, 0.1) is 11.5 Å². The largest absolute Gasteiger partial charge is 0.369 e. The summed E-state index contributed by atoms with van der Waals surface area (Å²) in [5.74, 6) is 1.34. The molecule has 0 bridgehead atoms. The molecule has 22 heavy (non-hydrogen) atoms. The smallest absolute Gasteiger partial charge is 0.232 e. The SMILES string of the molecule is CC[C@H]1CN(C(=O)CSCC(N)=O)CC[C@@H]1c1ccccc1. The first-order chi connectivity index (χ1) is 10.6. The summed E-state index contributed by atoms with van der Waals surface area (Å²) < 4.78 is 0. The second kappa shape index (κ2) is 8.22. The van der Waals surface area contributed by atoms with Crippen LogP contribution in [0.25, 0.3) is 0 Å². The van der Waals surface area contributed by atoms with Crippen LogP contribution < -0.4 is 5.73 Å². The number of likely N-dealkylation sites (tertiary alicyclic amines) is 1. The molecular formula is C17H24N2O2S. The molecule has 120 valence electrons. The zero-order valence-corrected chi connectivity index (χ0v) is 13.8. The fraction of sp³-hybridized carbons (Fsp3) is 0.529. The van der Waals surface area contributed by atoms with Crippen molar-refractivity contribution < 1.29 is 9.59 Å². The topological polar surface area (TPSA) is 63.4 Å². The summed E-state index contributed by atoms with van der Waals surface area (Å²) >= 11 is 1.30. The standard InChI is InChI=1S/C17H24N2O2S/c1-2-13-10-19(17(21)12-22-11-16(18)20)9-8-15(13)14-6-4-3-5-7-14/h3-7,13,15H,2,8-12H2,1H3,(H2,18,20)/t13-,15-/m0/s1. The van der Waals surface area contributed by atoms with Crippen LogP contribution in [0.2, 0.25) is 0 Å². The lowest BCUT2D eigenvalue weighted by Gasteiger charge is -2.38. The Labute approximate surface area is 136 Å². The van der Waals surface area contributed by atoms with Gasteiger partial charge in [-0.15, -0.1) is 11.8 Å². The first kappa shape index (κ1) is 16.9. The molecule has 1 aliphatic rings. The van der Waals surface area contributed by atoms with Crippen LogP contribution in [-0.4, -0.2) is 41.3 Å². The Morgan fingerprint density at radius 3 is 2.64 bits per heavy atom. The van der Waals surface area contributed by atoms with Gasteiger partial charge >= 0.3 is 0 Å². The van der Waals surface area contributed by atoms with Gasteiger partial charge in [-0.05, 0) is 23.8 Å². The number of carbonyl (C=O) groups is 2. The summed E-state index contributed by atoms with van der Waals surface area (Å²) in [5, 5.41) is 0. The van der Waals surface area contributed by atoms with Crippen molar-refractivity contribution >= 4 is 23.6 Å². The lowest BCUT2D eigenvalue weighted by atomic mass is 9.79. The van der Waals surface area contributed by atoms with Crippen LogP contribution in [0.5, 0.6) is 0 Å². The molecule has 2 rings (SSSR count). The molecule has 2 amide bonds. The van der Waals surface area contributed by atoms with Crippen molar-refractivity contribution in [2.75, 3.05) is 24.6 Å². The average Bonchev–Trinajstić information content (AvgIpc) is 2.54. The van der Waals surface area contributed by atoms with E-state index in [0.29, 0.717) is 17.6 Å². The van der Waals surface area contributed by atoms with Crippen molar-refractivity contribution in [3.8, 4) is 0 Å². The van der Waals surface area contributed by atoms with Crippen molar-refractivity contribution in [2.24, 2.45) is 11.7 Å². The van der Waals surface area contributed by atoms with Gasteiger partial charge in [-0.2, -0.15) is 0 Å². The number of carbonyl (C=O) groups excluding carboxylic acids is 2. The first-order valence-corrected chi connectivity index (χ1v) is 8.96. The lowest BCUT2D eigenvalue weighted by molar-refractivity contribution is -0.130. The highest BCUT2D eigenvalue weighted by Crippen LogP contribution is 2.34. The van der Waals surface area contributed by atoms with E-state index in [4.69, 9.17) is 5.73 Å². The minimum absolute atomic E-state index is 0.121. The van der Waals surface area contributed by atoms with Gasteiger partial charge in [0.25, 0.3) is 0 Å². The van der Waals surface area contributed by atoms with Crippen LogP contribution in [0, 0.1) is 5.92 Å². The number of piperidine rings is 1. The van der Waals surface area contributed by atoms with Gasteiger partial charge in [-0.25, -0.2) is 0 Å². The van der Waals surface area contributed by atoms with Gasteiger partial charge < -0.3 is 10.6 Å². The molecule has 0 aromatic heterocycles. The van der Waals surface area contributed by atoms with Gasteiger partial charge in [0, 0.05) is 13.1 Å². The summed E-state index contributed by atoms with van der Waals surface area (Å²) in [4.78, 5) is 24.9. The number of hydrogen-bond acceptors (Lipinski definition) is 3. The third-order valence-corrected chi connectivity index (χ3v) is 5.25. The van der Waals surface area contributed by atoms with E-state index in [1.807, 2.05) is 11.0 Å².